The molecule has 6 heteroatoms. The van der Waals surface area contributed by atoms with Gasteiger partial charge in [-0.1, -0.05) is 44.2 Å². The SMILES string of the molecule is CC(C)CC1(c2ccccc2)NCC(=O)N1CC(O)CC(=O)O. The van der Waals surface area contributed by atoms with Crippen molar-refractivity contribution in [1.29, 1.82) is 0 Å². The fraction of sp³-hybridized carbons (Fsp3) is 0.529. The molecule has 1 aliphatic rings. The Labute approximate surface area is 136 Å². The number of aliphatic hydroxyl groups is 1. The monoisotopic (exact) mass is 320 g/mol. The summed E-state index contributed by atoms with van der Waals surface area (Å²) in [6, 6.07) is 9.63. The number of carbonyl (C=O) groups is 2. The number of hydrogen-bond acceptors (Lipinski definition) is 4. The van der Waals surface area contributed by atoms with Crippen molar-refractivity contribution >= 4 is 11.9 Å². The van der Waals surface area contributed by atoms with E-state index >= 15 is 0 Å². The summed E-state index contributed by atoms with van der Waals surface area (Å²) in [7, 11) is 0. The lowest BCUT2D eigenvalue weighted by molar-refractivity contribution is -0.142. The van der Waals surface area contributed by atoms with Crippen molar-refractivity contribution in [2.45, 2.75) is 38.5 Å². The van der Waals surface area contributed by atoms with Gasteiger partial charge in [0.15, 0.2) is 0 Å². The fourth-order valence-corrected chi connectivity index (χ4v) is 3.22. The van der Waals surface area contributed by atoms with Crippen LogP contribution in [0.25, 0.3) is 0 Å². The lowest BCUT2D eigenvalue weighted by atomic mass is 9.89. The van der Waals surface area contributed by atoms with Gasteiger partial charge in [-0.2, -0.15) is 0 Å². The molecule has 1 amide bonds. The van der Waals surface area contributed by atoms with E-state index in [1.165, 1.54) is 0 Å². The minimum atomic E-state index is -1.09. The molecule has 1 fully saturated rings. The lowest BCUT2D eigenvalue weighted by Gasteiger charge is -2.41. The molecule has 2 unspecified atom stereocenters. The van der Waals surface area contributed by atoms with Crippen LogP contribution in [0.4, 0.5) is 0 Å². The molecule has 1 aromatic carbocycles. The summed E-state index contributed by atoms with van der Waals surface area (Å²) in [4.78, 5) is 24.8. The molecule has 1 heterocycles. The summed E-state index contributed by atoms with van der Waals surface area (Å²) in [5, 5.41) is 22.1. The second kappa shape index (κ2) is 7.10. The first-order valence-electron chi connectivity index (χ1n) is 7.86. The molecular weight excluding hydrogens is 296 g/mol. The lowest BCUT2D eigenvalue weighted by Crippen LogP contribution is -2.52. The Bertz CT molecular complexity index is 561. The summed E-state index contributed by atoms with van der Waals surface area (Å²) in [5.74, 6) is -0.891. The number of aliphatic carboxylic acids is 1. The molecule has 23 heavy (non-hydrogen) atoms. The van der Waals surface area contributed by atoms with E-state index in [1.807, 2.05) is 30.3 Å². The van der Waals surface area contributed by atoms with Crippen LogP contribution in [-0.4, -0.2) is 46.2 Å². The maximum atomic E-state index is 12.4. The highest BCUT2D eigenvalue weighted by Crippen LogP contribution is 2.36. The smallest absolute Gasteiger partial charge is 0.306 e. The highest BCUT2D eigenvalue weighted by Gasteiger charge is 2.47. The van der Waals surface area contributed by atoms with Gasteiger partial charge >= 0.3 is 5.97 Å². The van der Waals surface area contributed by atoms with E-state index in [4.69, 9.17) is 5.11 Å². The zero-order chi connectivity index (χ0) is 17.0. The van der Waals surface area contributed by atoms with Gasteiger partial charge < -0.3 is 15.1 Å². The van der Waals surface area contributed by atoms with Gasteiger partial charge in [0, 0.05) is 6.54 Å². The number of carboxylic acids is 1. The van der Waals surface area contributed by atoms with Crippen molar-refractivity contribution < 1.29 is 19.8 Å². The molecule has 1 aromatic rings. The quantitative estimate of drug-likeness (QED) is 0.701. The van der Waals surface area contributed by atoms with Crippen molar-refractivity contribution in [3.05, 3.63) is 35.9 Å². The number of carboxylic acid groups (broad SMARTS) is 1. The minimum absolute atomic E-state index is 0.000250. The van der Waals surface area contributed by atoms with Gasteiger partial charge in [0.2, 0.25) is 5.91 Å². The summed E-state index contributed by atoms with van der Waals surface area (Å²) in [5.41, 5.74) is 0.244. The number of nitrogens with one attached hydrogen (secondary N) is 1. The van der Waals surface area contributed by atoms with Gasteiger partial charge in [-0.05, 0) is 17.9 Å². The van der Waals surface area contributed by atoms with Crippen LogP contribution >= 0.6 is 0 Å². The fourth-order valence-electron chi connectivity index (χ4n) is 3.22. The van der Waals surface area contributed by atoms with Crippen LogP contribution in [0.1, 0.15) is 32.3 Å². The maximum Gasteiger partial charge on any atom is 0.306 e. The highest BCUT2D eigenvalue weighted by molar-refractivity contribution is 5.82. The molecule has 126 valence electrons. The normalized spacial score (nSPS) is 22.6. The Balaban J connectivity index is 2.34. The predicted octanol–water partition coefficient (Wildman–Crippen LogP) is 1.15. The second-order valence-corrected chi connectivity index (χ2v) is 6.43. The number of hydrogen-bond donors (Lipinski definition) is 3. The van der Waals surface area contributed by atoms with Crippen LogP contribution in [0, 0.1) is 5.92 Å². The molecule has 0 aromatic heterocycles. The van der Waals surface area contributed by atoms with Gasteiger partial charge in [-0.3, -0.25) is 14.9 Å². The number of amides is 1. The molecule has 0 saturated carbocycles. The van der Waals surface area contributed by atoms with Crippen molar-refractivity contribution in [1.82, 2.24) is 10.2 Å². The third-order valence-electron chi connectivity index (χ3n) is 4.05. The molecule has 0 spiro atoms. The minimum Gasteiger partial charge on any atom is -0.481 e. The van der Waals surface area contributed by atoms with E-state index in [-0.39, 0.29) is 25.4 Å². The van der Waals surface area contributed by atoms with E-state index in [0.29, 0.717) is 12.3 Å². The van der Waals surface area contributed by atoms with Crippen molar-refractivity contribution in [2.75, 3.05) is 13.1 Å². The van der Waals surface area contributed by atoms with E-state index in [1.54, 1.807) is 4.90 Å². The first-order chi connectivity index (χ1) is 10.8. The van der Waals surface area contributed by atoms with E-state index in [0.717, 1.165) is 5.56 Å². The molecule has 0 aliphatic carbocycles. The van der Waals surface area contributed by atoms with E-state index < -0.39 is 17.7 Å². The maximum absolute atomic E-state index is 12.4. The van der Waals surface area contributed by atoms with Crippen LogP contribution < -0.4 is 5.32 Å². The topological polar surface area (TPSA) is 89.9 Å². The first kappa shape index (κ1) is 17.4. The molecule has 2 rings (SSSR count). The Morgan fingerprint density at radius 2 is 2.00 bits per heavy atom. The van der Waals surface area contributed by atoms with E-state index in [2.05, 4.69) is 19.2 Å². The Kier molecular flexibility index (Phi) is 5.38. The molecule has 2 atom stereocenters. The Morgan fingerprint density at radius 1 is 1.35 bits per heavy atom. The number of nitrogens with zero attached hydrogens (tertiary/aromatic N) is 1. The molecule has 6 nitrogen and oxygen atoms in total. The molecule has 0 radical (unpaired) electrons. The van der Waals surface area contributed by atoms with Crippen LogP contribution in [0.15, 0.2) is 30.3 Å². The number of benzene rings is 1. The first-order valence-corrected chi connectivity index (χ1v) is 7.86. The number of β-amino-alcohol motifs (C(OH)–C–C–N with tert-alkyl or cyclic N) is 1. The summed E-state index contributed by atoms with van der Waals surface area (Å²) in [6.45, 7) is 4.32. The molecule has 1 saturated heterocycles. The highest BCUT2D eigenvalue weighted by atomic mass is 16.4. The largest absolute Gasteiger partial charge is 0.481 e. The van der Waals surface area contributed by atoms with Crippen LogP contribution in [0.3, 0.4) is 0 Å². The average Bonchev–Trinajstić information content (AvgIpc) is 2.77. The van der Waals surface area contributed by atoms with Crippen molar-refractivity contribution in [3.8, 4) is 0 Å². The predicted molar refractivity (Wildman–Crippen MR) is 85.6 cm³/mol. The van der Waals surface area contributed by atoms with Crippen LogP contribution in [0.5, 0.6) is 0 Å². The number of carbonyl (C=O) groups excluding carboxylic acids is 1. The number of rotatable bonds is 7. The van der Waals surface area contributed by atoms with Gasteiger partial charge in [0.1, 0.15) is 5.66 Å². The third kappa shape index (κ3) is 3.89. The van der Waals surface area contributed by atoms with Crippen molar-refractivity contribution in [3.63, 3.8) is 0 Å². The molecule has 3 N–H and O–H groups in total. The van der Waals surface area contributed by atoms with Gasteiger partial charge in [0.05, 0.1) is 19.1 Å². The van der Waals surface area contributed by atoms with Crippen molar-refractivity contribution in [2.24, 2.45) is 5.92 Å². The van der Waals surface area contributed by atoms with Crippen LogP contribution in [0.2, 0.25) is 0 Å². The summed E-state index contributed by atoms with van der Waals surface area (Å²) >= 11 is 0. The van der Waals surface area contributed by atoms with Gasteiger partial charge in [-0.25, -0.2) is 0 Å². The van der Waals surface area contributed by atoms with E-state index in [9.17, 15) is 14.7 Å². The molecule has 1 aliphatic heterocycles. The van der Waals surface area contributed by atoms with Gasteiger partial charge in [-0.15, -0.1) is 0 Å². The second-order valence-electron chi connectivity index (χ2n) is 6.43. The zero-order valence-corrected chi connectivity index (χ0v) is 13.5. The Morgan fingerprint density at radius 3 is 2.57 bits per heavy atom. The zero-order valence-electron chi connectivity index (χ0n) is 13.5. The molecule has 0 bridgehead atoms. The van der Waals surface area contributed by atoms with Crippen LogP contribution in [-0.2, 0) is 15.3 Å². The summed E-state index contributed by atoms with van der Waals surface area (Å²) < 4.78 is 0. The third-order valence-corrected chi connectivity index (χ3v) is 4.05. The van der Waals surface area contributed by atoms with Gasteiger partial charge in [0.25, 0.3) is 0 Å². The number of aliphatic hydroxyl groups excluding tert-OH is 1. The Hall–Kier alpha value is -1.92. The summed E-state index contributed by atoms with van der Waals surface area (Å²) in [6.07, 6.45) is -0.787. The average molecular weight is 320 g/mol. The molecular formula is C17H24N2O4. The standard InChI is InChI=1S/C17H24N2O4/c1-12(2)9-17(13-6-4-3-5-7-13)18-10-15(21)19(17)11-14(20)8-16(22)23/h3-7,12,14,18,20H,8-11H2,1-2H3,(H,22,23).